The first-order valence-electron chi connectivity index (χ1n) is 10.7. The molecule has 0 unspecified atom stereocenters. The molecule has 168 valence electrons. The fourth-order valence-electron chi connectivity index (χ4n) is 3.93. The Bertz CT molecular complexity index is 1530. The molecule has 1 amide bonds. The SMILES string of the molecule is C=CC(=O)Nc1cc(-c2cnc3[nH]cc(-c4ccnc(NC)c4)c3c2)cc(-c2cnn(C)c2)c1. The largest absolute Gasteiger partial charge is 0.373 e. The maximum atomic E-state index is 12.0. The normalized spacial score (nSPS) is 10.9. The molecule has 4 aromatic heterocycles. The van der Waals surface area contributed by atoms with Gasteiger partial charge < -0.3 is 15.6 Å². The molecule has 0 aliphatic heterocycles. The number of carbonyl (C=O) groups excluding carboxylic acids is 1. The fraction of sp³-hybridized carbons (Fsp3) is 0.0769. The number of benzene rings is 1. The van der Waals surface area contributed by atoms with Crippen LogP contribution in [0.2, 0.25) is 0 Å². The number of nitrogens with zero attached hydrogens (tertiary/aromatic N) is 4. The standard InChI is InChI=1S/C26H23N7O/c1-4-25(34)32-21-8-17(7-18(9-21)20-13-31-33(3)15-20)19-10-22-23(14-30-26(22)29-12-19)16-5-6-28-24(11-16)27-2/h4-15H,1H2,2-3H3,(H,27,28)(H,29,30)(H,32,34). The van der Waals surface area contributed by atoms with E-state index in [0.717, 1.165) is 50.2 Å². The summed E-state index contributed by atoms with van der Waals surface area (Å²) in [5.41, 5.74) is 7.27. The van der Waals surface area contributed by atoms with Crippen molar-refractivity contribution in [2.45, 2.75) is 0 Å². The minimum atomic E-state index is -0.270. The van der Waals surface area contributed by atoms with E-state index < -0.39 is 0 Å². The third kappa shape index (κ3) is 4.04. The number of anilines is 2. The number of amides is 1. The zero-order valence-corrected chi connectivity index (χ0v) is 18.8. The van der Waals surface area contributed by atoms with E-state index in [1.807, 2.05) is 57.0 Å². The molecule has 8 heteroatoms. The van der Waals surface area contributed by atoms with Gasteiger partial charge in [-0.15, -0.1) is 0 Å². The van der Waals surface area contributed by atoms with E-state index in [2.05, 4.69) is 49.4 Å². The van der Waals surface area contributed by atoms with Crippen molar-refractivity contribution in [3.8, 4) is 33.4 Å². The molecule has 0 aliphatic carbocycles. The van der Waals surface area contributed by atoms with Crippen LogP contribution in [0, 0.1) is 0 Å². The molecule has 8 nitrogen and oxygen atoms in total. The van der Waals surface area contributed by atoms with Crippen LogP contribution in [-0.4, -0.2) is 37.7 Å². The molecule has 0 saturated carbocycles. The monoisotopic (exact) mass is 449 g/mol. The lowest BCUT2D eigenvalue weighted by Gasteiger charge is -2.10. The summed E-state index contributed by atoms with van der Waals surface area (Å²) >= 11 is 0. The zero-order chi connectivity index (χ0) is 23.7. The zero-order valence-electron chi connectivity index (χ0n) is 18.8. The van der Waals surface area contributed by atoms with Crippen molar-refractivity contribution >= 4 is 28.4 Å². The first-order valence-corrected chi connectivity index (χ1v) is 10.7. The summed E-state index contributed by atoms with van der Waals surface area (Å²) in [4.78, 5) is 24.2. The molecule has 0 atom stereocenters. The van der Waals surface area contributed by atoms with Gasteiger partial charge in [0.25, 0.3) is 0 Å². The average Bonchev–Trinajstić information content (AvgIpc) is 3.49. The van der Waals surface area contributed by atoms with Gasteiger partial charge in [-0.1, -0.05) is 6.58 Å². The van der Waals surface area contributed by atoms with Gasteiger partial charge in [-0.25, -0.2) is 9.97 Å². The van der Waals surface area contributed by atoms with E-state index in [-0.39, 0.29) is 5.91 Å². The predicted octanol–water partition coefficient (Wildman–Crippen LogP) is 4.86. The van der Waals surface area contributed by atoms with Crippen molar-refractivity contribution in [3.05, 3.63) is 80.0 Å². The molecule has 0 radical (unpaired) electrons. The van der Waals surface area contributed by atoms with Gasteiger partial charge in [0.05, 0.1) is 6.20 Å². The molecule has 0 fully saturated rings. The van der Waals surface area contributed by atoms with Crippen molar-refractivity contribution in [1.82, 2.24) is 24.7 Å². The maximum Gasteiger partial charge on any atom is 0.247 e. The summed E-state index contributed by atoms with van der Waals surface area (Å²) in [5.74, 6) is 0.525. The van der Waals surface area contributed by atoms with Crippen LogP contribution in [0.4, 0.5) is 11.5 Å². The predicted molar refractivity (Wildman–Crippen MR) is 135 cm³/mol. The number of aromatic amines is 1. The Morgan fingerprint density at radius 1 is 1.03 bits per heavy atom. The van der Waals surface area contributed by atoms with E-state index >= 15 is 0 Å². The Kier molecular flexibility index (Phi) is 5.39. The Labute approximate surface area is 196 Å². The second-order valence-electron chi connectivity index (χ2n) is 7.90. The van der Waals surface area contributed by atoms with E-state index in [4.69, 9.17) is 0 Å². The van der Waals surface area contributed by atoms with Crippen LogP contribution >= 0.6 is 0 Å². The van der Waals surface area contributed by atoms with Gasteiger partial charge in [0, 0.05) is 66.6 Å². The van der Waals surface area contributed by atoms with Crippen molar-refractivity contribution in [2.24, 2.45) is 7.05 Å². The number of hydrogen-bond donors (Lipinski definition) is 3. The number of hydrogen-bond acceptors (Lipinski definition) is 5. The lowest BCUT2D eigenvalue weighted by atomic mass is 9.98. The molecule has 0 spiro atoms. The summed E-state index contributed by atoms with van der Waals surface area (Å²) in [6, 6.07) is 12.0. The van der Waals surface area contributed by atoms with E-state index in [0.29, 0.717) is 5.69 Å². The van der Waals surface area contributed by atoms with Gasteiger partial charge in [-0.05, 0) is 59.2 Å². The number of aromatic nitrogens is 5. The summed E-state index contributed by atoms with van der Waals surface area (Å²) in [5, 5.41) is 11.2. The summed E-state index contributed by atoms with van der Waals surface area (Å²) in [7, 11) is 3.72. The Morgan fingerprint density at radius 3 is 2.59 bits per heavy atom. The second kappa shape index (κ2) is 8.67. The minimum Gasteiger partial charge on any atom is -0.373 e. The Morgan fingerprint density at radius 2 is 1.85 bits per heavy atom. The van der Waals surface area contributed by atoms with Crippen LogP contribution in [0.15, 0.2) is 80.0 Å². The molecule has 5 rings (SSSR count). The fourth-order valence-corrected chi connectivity index (χ4v) is 3.93. The third-order valence-electron chi connectivity index (χ3n) is 5.62. The van der Waals surface area contributed by atoms with Gasteiger partial charge >= 0.3 is 0 Å². The molecular weight excluding hydrogens is 426 g/mol. The number of aryl methyl sites for hydroxylation is 1. The highest BCUT2D eigenvalue weighted by Crippen LogP contribution is 2.34. The van der Waals surface area contributed by atoms with Crippen molar-refractivity contribution in [1.29, 1.82) is 0 Å². The minimum absolute atomic E-state index is 0.270. The molecule has 3 N–H and O–H groups in total. The van der Waals surface area contributed by atoms with E-state index in [1.54, 1.807) is 17.1 Å². The quantitative estimate of drug-likeness (QED) is 0.322. The van der Waals surface area contributed by atoms with Crippen LogP contribution in [0.5, 0.6) is 0 Å². The van der Waals surface area contributed by atoms with Crippen LogP contribution in [-0.2, 0) is 11.8 Å². The number of carbonyl (C=O) groups is 1. The highest BCUT2D eigenvalue weighted by Gasteiger charge is 2.12. The number of nitrogens with one attached hydrogen (secondary N) is 3. The number of pyridine rings is 2. The molecule has 5 aromatic rings. The van der Waals surface area contributed by atoms with Crippen molar-refractivity contribution in [2.75, 3.05) is 17.7 Å². The van der Waals surface area contributed by atoms with Gasteiger partial charge in [0.15, 0.2) is 0 Å². The number of rotatable bonds is 6. The number of fused-ring (bicyclic) bond motifs is 1. The highest BCUT2D eigenvalue weighted by atomic mass is 16.1. The van der Waals surface area contributed by atoms with Gasteiger partial charge in [-0.2, -0.15) is 5.10 Å². The van der Waals surface area contributed by atoms with Crippen molar-refractivity contribution in [3.63, 3.8) is 0 Å². The van der Waals surface area contributed by atoms with Crippen LogP contribution < -0.4 is 10.6 Å². The summed E-state index contributed by atoms with van der Waals surface area (Å²) < 4.78 is 1.75. The smallest absolute Gasteiger partial charge is 0.247 e. The summed E-state index contributed by atoms with van der Waals surface area (Å²) in [6.07, 6.45) is 10.6. The molecule has 1 aromatic carbocycles. The van der Waals surface area contributed by atoms with E-state index in [9.17, 15) is 4.79 Å². The lowest BCUT2D eigenvalue weighted by molar-refractivity contribution is -0.111. The maximum absolute atomic E-state index is 12.0. The van der Waals surface area contributed by atoms with Crippen molar-refractivity contribution < 1.29 is 4.79 Å². The molecule has 4 heterocycles. The Hall–Kier alpha value is -4.72. The lowest BCUT2D eigenvalue weighted by Crippen LogP contribution is -2.07. The highest BCUT2D eigenvalue weighted by molar-refractivity contribution is 6.00. The van der Waals surface area contributed by atoms with Gasteiger partial charge in [0.2, 0.25) is 5.91 Å². The summed E-state index contributed by atoms with van der Waals surface area (Å²) in [6.45, 7) is 3.55. The topological polar surface area (TPSA) is 101 Å². The number of H-pyrrole nitrogens is 1. The Balaban J connectivity index is 1.64. The van der Waals surface area contributed by atoms with Gasteiger partial charge in [0.1, 0.15) is 11.5 Å². The molecule has 0 saturated heterocycles. The van der Waals surface area contributed by atoms with Gasteiger partial charge in [-0.3, -0.25) is 9.48 Å². The molecule has 0 aliphatic rings. The molecule has 34 heavy (non-hydrogen) atoms. The first kappa shape index (κ1) is 21.1. The van der Waals surface area contributed by atoms with Crippen LogP contribution in [0.3, 0.4) is 0 Å². The third-order valence-corrected chi connectivity index (χ3v) is 5.62. The van der Waals surface area contributed by atoms with Crippen LogP contribution in [0.25, 0.3) is 44.4 Å². The van der Waals surface area contributed by atoms with Crippen LogP contribution in [0.1, 0.15) is 0 Å². The van der Waals surface area contributed by atoms with E-state index in [1.165, 1.54) is 6.08 Å². The molecule has 0 bridgehead atoms. The second-order valence-corrected chi connectivity index (χ2v) is 7.90. The first-order chi connectivity index (χ1) is 16.5. The molecular formula is C26H23N7O. The average molecular weight is 450 g/mol.